The van der Waals surface area contributed by atoms with E-state index in [1.807, 2.05) is 24.3 Å². The van der Waals surface area contributed by atoms with Gasteiger partial charge in [-0.05, 0) is 54.0 Å². The predicted molar refractivity (Wildman–Crippen MR) is 104 cm³/mol. The van der Waals surface area contributed by atoms with Gasteiger partial charge in [0.25, 0.3) is 6.08 Å². The Labute approximate surface area is 168 Å². The Kier molecular flexibility index (Phi) is 6.96. The molecule has 0 saturated carbocycles. The molecule has 1 aliphatic rings. The quantitative estimate of drug-likeness (QED) is 0.445. The van der Waals surface area contributed by atoms with Crippen molar-refractivity contribution < 1.29 is 27.0 Å². The van der Waals surface area contributed by atoms with Crippen molar-refractivity contribution >= 4 is 0 Å². The van der Waals surface area contributed by atoms with E-state index in [0.29, 0.717) is 5.92 Å². The lowest BCUT2D eigenvalue weighted by Crippen LogP contribution is -2.21. The minimum Gasteiger partial charge on any atom is -0.429 e. The van der Waals surface area contributed by atoms with Crippen molar-refractivity contribution in [3.05, 3.63) is 66.3 Å². The van der Waals surface area contributed by atoms with Crippen molar-refractivity contribution in [3.8, 4) is 16.9 Å². The number of alkyl halides is 2. The molecule has 2 aromatic rings. The molecule has 0 N–H and O–H groups in total. The van der Waals surface area contributed by atoms with Crippen LogP contribution in [0.1, 0.15) is 44.3 Å². The van der Waals surface area contributed by atoms with Crippen molar-refractivity contribution in [3.63, 3.8) is 0 Å². The van der Waals surface area contributed by atoms with Gasteiger partial charge in [0, 0.05) is 0 Å². The van der Waals surface area contributed by atoms with Crippen LogP contribution in [0.25, 0.3) is 11.1 Å². The average Bonchev–Trinajstić information content (AvgIpc) is 2.68. The third kappa shape index (κ3) is 6.07. The van der Waals surface area contributed by atoms with Crippen molar-refractivity contribution in [2.45, 2.75) is 44.8 Å². The molecule has 0 amide bonds. The minimum absolute atomic E-state index is 0.110. The zero-order valence-electron chi connectivity index (χ0n) is 16.2. The van der Waals surface area contributed by atoms with Gasteiger partial charge in [-0.1, -0.05) is 49.7 Å². The number of hydrogen-bond donors (Lipinski definition) is 0. The predicted octanol–water partition coefficient (Wildman–Crippen LogP) is 7.37. The molecular formula is C23H24F4O2. The van der Waals surface area contributed by atoms with E-state index in [9.17, 15) is 17.6 Å². The molecule has 1 fully saturated rings. The van der Waals surface area contributed by atoms with Crippen molar-refractivity contribution in [2.75, 3.05) is 6.61 Å². The van der Waals surface area contributed by atoms with E-state index in [1.54, 1.807) is 12.1 Å². The first-order valence-corrected chi connectivity index (χ1v) is 9.79. The molecule has 2 aromatic carbocycles. The number of halogens is 4. The molecule has 156 valence electrons. The van der Waals surface area contributed by atoms with Gasteiger partial charge in [-0.2, -0.15) is 17.6 Å². The monoisotopic (exact) mass is 408 g/mol. The smallest absolute Gasteiger partial charge is 0.425 e. The SMILES string of the molecule is CCCC1CCC(c2ccc(-c3ccc(OC(F)(F)C=C(F)F)cc3)cc2)OC1. The molecule has 0 radical (unpaired) electrons. The number of hydrogen-bond acceptors (Lipinski definition) is 2. The molecule has 29 heavy (non-hydrogen) atoms. The van der Waals surface area contributed by atoms with Gasteiger partial charge in [-0.15, -0.1) is 0 Å². The second-order valence-corrected chi connectivity index (χ2v) is 7.30. The summed E-state index contributed by atoms with van der Waals surface area (Å²) in [6.45, 7) is 2.99. The zero-order chi connectivity index (χ0) is 20.9. The van der Waals surface area contributed by atoms with Crippen LogP contribution in [-0.4, -0.2) is 12.7 Å². The van der Waals surface area contributed by atoms with Crippen LogP contribution in [0.5, 0.6) is 5.75 Å². The van der Waals surface area contributed by atoms with Crippen LogP contribution in [0.3, 0.4) is 0 Å². The highest BCUT2D eigenvalue weighted by Gasteiger charge is 2.30. The van der Waals surface area contributed by atoms with Crippen LogP contribution in [-0.2, 0) is 4.74 Å². The third-order valence-electron chi connectivity index (χ3n) is 5.07. The zero-order valence-corrected chi connectivity index (χ0v) is 16.2. The molecule has 1 aliphatic heterocycles. The van der Waals surface area contributed by atoms with Crippen molar-refractivity contribution in [2.24, 2.45) is 5.92 Å². The summed E-state index contributed by atoms with van der Waals surface area (Å²) in [5.74, 6) is 0.464. The summed E-state index contributed by atoms with van der Waals surface area (Å²) in [6.07, 6.45) is -2.38. The van der Waals surface area contributed by atoms with E-state index in [2.05, 4.69) is 11.7 Å². The lowest BCUT2D eigenvalue weighted by molar-refractivity contribution is -0.133. The highest BCUT2D eigenvalue weighted by molar-refractivity contribution is 5.64. The summed E-state index contributed by atoms with van der Waals surface area (Å²) in [4.78, 5) is 0. The van der Waals surface area contributed by atoms with Gasteiger partial charge in [-0.3, -0.25) is 0 Å². The van der Waals surface area contributed by atoms with E-state index in [1.165, 1.54) is 31.4 Å². The van der Waals surface area contributed by atoms with Gasteiger partial charge in [0.2, 0.25) is 0 Å². The first kappa shape index (κ1) is 21.4. The molecule has 0 aliphatic carbocycles. The largest absolute Gasteiger partial charge is 0.429 e. The average molecular weight is 408 g/mol. The van der Waals surface area contributed by atoms with Crippen LogP contribution in [0.15, 0.2) is 60.7 Å². The summed E-state index contributed by atoms with van der Waals surface area (Å²) >= 11 is 0. The molecule has 2 nitrogen and oxygen atoms in total. The summed E-state index contributed by atoms with van der Waals surface area (Å²) < 4.78 is 61.0. The van der Waals surface area contributed by atoms with E-state index >= 15 is 0 Å². The molecule has 2 atom stereocenters. The van der Waals surface area contributed by atoms with Crippen LogP contribution in [0.2, 0.25) is 0 Å². The Morgan fingerprint density at radius 2 is 1.66 bits per heavy atom. The molecule has 6 heteroatoms. The lowest BCUT2D eigenvalue weighted by Gasteiger charge is -2.29. The molecule has 1 saturated heterocycles. The Bertz CT molecular complexity index is 804. The Balaban J connectivity index is 1.62. The van der Waals surface area contributed by atoms with Gasteiger partial charge in [0.15, 0.2) is 0 Å². The first-order valence-electron chi connectivity index (χ1n) is 9.79. The van der Waals surface area contributed by atoms with Gasteiger partial charge >= 0.3 is 6.11 Å². The Morgan fingerprint density at radius 3 is 2.17 bits per heavy atom. The fourth-order valence-corrected chi connectivity index (χ4v) is 3.62. The fourth-order valence-electron chi connectivity index (χ4n) is 3.62. The van der Waals surface area contributed by atoms with Crippen molar-refractivity contribution in [1.29, 1.82) is 0 Å². The molecule has 1 heterocycles. The minimum atomic E-state index is -4.06. The molecule has 0 spiro atoms. The molecule has 3 rings (SSSR count). The van der Waals surface area contributed by atoms with Crippen LogP contribution in [0, 0.1) is 5.92 Å². The molecular weight excluding hydrogens is 384 g/mol. The molecule has 0 bridgehead atoms. The Hall–Kier alpha value is -2.34. The maximum atomic E-state index is 13.3. The number of ether oxygens (including phenoxy) is 2. The van der Waals surface area contributed by atoms with Gasteiger partial charge in [-0.25, -0.2) is 0 Å². The van der Waals surface area contributed by atoms with Crippen LogP contribution >= 0.6 is 0 Å². The maximum absolute atomic E-state index is 13.3. The van der Waals surface area contributed by atoms with Gasteiger partial charge in [0.1, 0.15) is 5.75 Å². The number of benzene rings is 2. The van der Waals surface area contributed by atoms with E-state index in [-0.39, 0.29) is 11.9 Å². The normalized spacial score (nSPS) is 19.6. The lowest BCUT2D eigenvalue weighted by atomic mass is 9.91. The van der Waals surface area contributed by atoms with E-state index in [0.717, 1.165) is 29.7 Å². The highest BCUT2D eigenvalue weighted by Crippen LogP contribution is 2.34. The standard InChI is InChI=1S/C23H24F4O2/c1-2-3-16-4-13-21(28-15-16)19-7-5-17(6-8-19)18-9-11-20(12-10-18)29-23(26,27)14-22(24)25/h5-12,14,16,21H,2-4,13,15H2,1H3. The van der Waals surface area contributed by atoms with Crippen molar-refractivity contribution in [1.82, 2.24) is 0 Å². The summed E-state index contributed by atoms with van der Waals surface area (Å²) in [5.41, 5.74) is 2.86. The summed E-state index contributed by atoms with van der Waals surface area (Å²) in [7, 11) is 0. The highest BCUT2D eigenvalue weighted by atomic mass is 19.3. The van der Waals surface area contributed by atoms with E-state index < -0.39 is 18.3 Å². The first-order chi connectivity index (χ1) is 13.9. The maximum Gasteiger partial charge on any atom is 0.425 e. The topological polar surface area (TPSA) is 18.5 Å². The summed E-state index contributed by atoms with van der Waals surface area (Å²) in [5, 5.41) is 0. The fraction of sp³-hybridized carbons (Fsp3) is 0.391. The summed E-state index contributed by atoms with van der Waals surface area (Å²) in [6, 6.07) is 13.9. The second kappa shape index (κ2) is 9.44. The number of rotatable bonds is 7. The molecule has 2 unspecified atom stereocenters. The van der Waals surface area contributed by atoms with E-state index in [4.69, 9.17) is 4.74 Å². The van der Waals surface area contributed by atoms with Crippen LogP contribution in [0.4, 0.5) is 17.6 Å². The van der Waals surface area contributed by atoms with Crippen LogP contribution < -0.4 is 4.74 Å². The van der Waals surface area contributed by atoms with Gasteiger partial charge < -0.3 is 9.47 Å². The second-order valence-electron chi connectivity index (χ2n) is 7.30. The Morgan fingerprint density at radius 1 is 1.03 bits per heavy atom. The third-order valence-corrected chi connectivity index (χ3v) is 5.07. The van der Waals surface area contributed by atoms with Gasteiger partial charge in [0.05, 0.1) is 18.8 Å². The molecule has 0 aromatic heterocycles.